The van der Waals surface area contributed by atoms with Gasteiger partial charge in [-0.15, -0.1) is 0 Å². The van der Waals surface area contributed by atoms with Crippen molar-refractivity contribution in [2.24, 2.45) is 0 Å². The van der Waals surface area contributed by atoms with E-state index < -0.39 is 17.8 Å². The Bertz CT molecular complexity index is 360. The van der Waals surface area contributed by atoms with Crippen LogP contribution in [0.4, 0.5) is 4.79 Å². The highest BCUT2D eigenvalue weighted by atomic mass is 32.2. The Hall–Kier alpha value is -0.690. The van der Waals surface area contributed by atoms with Gasteiger partial charge in [-0.05, 0) is 65.4 Å². The zero-order valence-electron chi connectivity index (χ0n) is 11.4. The summed E-state index contributed by atoms with van der Waals surface area (Å²) in [5.41, 5.74) is 0. The summed E-state index contributed by atoms with van der Waals surface area (Å²) in [6, 6.07) is -0.565. The fourth-order valence-electron chi connectivity index (χ4n) is 1.14. The van der Waals surface area contributed by atoms with E-state index in [1.807, 2.05) is 41.5 Å². The summed E-state index contributed by atoms with van der Waals surface area (Å²) in [5, 5.41) is 0. The maximum absolute atomic E-state index is 12.1. The number of rotatable bonds is 2. The Labute approximate surface area is 116 Å². The normalized spacial score (nSPS) is 18.0. The van der Waals surface area contributed by atoms with Gasteiger partial charge in [-0.25, -0.2) is 4.79 Å². The Kier molecular flexibility index (Phi) is 4.07. The van der Waals surface area contributed by atoms with Crippen molar-refractivity contribution in [1.29, 1.82) is 0 Å². The minimum Gasteiger partial charge on any atom is -0.262 e. The summed E-state index contributed by atoms with van der Waals surface area (Å²) in [7, 11) is 0. The maximum Gasteiger partial charge on any atom is 0.354 e. The SMILES string of the molecule is CC(C)(C)SN1C(=O)C(=O)N(SC(C)(C)C)C1=O. The molecular weight excluding hydrogens is 272 g/mol. The zero-order chi connectivity index (χ0) is 14.3. The number of imide groups is 2. The molecule has 1 heterocycles. The fourth-order valence-corrected chi connectivity index (χ4v) is 2.93. The van der Waals surface area contributed by atoms with Gasteiger partial charge < -0.3 is 0 Å². The van der Waals surface area contributed by atoms with E-state index in [-0.39, 0.29) is 9.49 Å². The molecule has 0 aliphatic carbocycles. The molecule has 0 unspecified atom stereocenters. The van der Waals surface area contributed by atoms with Crippen LogP contribution in [-0.2, 0) is 9.59 Å². The lowest BCUT2D eigenvalue weighted by atomic mass is 10.3. The van der Waals surface area contributed by atoms with E-state index in [0.717, 1.165) is 32.5 Å². The number of urea groups is 1. The average molecular weight is 290 g/mol. The van der Waals surface area contributed by atoms with Crippen molar-refractivity contribution in [3.8, 4) is 0 Å². The van der Waals surface area contributed by atoms with Gasteiger partial charge in [0, 0.05) is 9.49 Å². The number of nitrogens with zero attached hydrogens (tertiary/aromatic N) is 2. The molecule has 1 aliphatic heterocycles. The van der Waals surface area contributed by atoms with E-state index >= 15 is 0 Å². The second-order valence-electron chi connectivity index (χ2n) is 5.89. The Morgan fingerprint density at radius 3 is 1.22 bits per heavy atom. The first-order chi connectivity index (χ1) is 7.92. The van der Waals surface area contributed by atoms with Crippen LogP contribution >= 0.6 is 23.9 Å². The van der Waals surface area contributed by atoms with E-state index in [1.54, 1.807) is 0 Å². The smallest absolute Gasteiger partial charge is 0.262 e. The Morgan fingerprint density at radius 2 is 1.00 bits per heavy atom. The molecule has 4 amide bonds. The third kappa shape index (κ3) is 3.65. The molecule has 1 saturated heterocycles. The standard InChI is InChI=1S/C11H18N2O3S2/c1-10(2,3)17-12-7(14)8(15)13(9(12)16)18-11(4,5)6/h1-6H3. The van der Waals surface area contributed by atoms with Crippen LogP contribution < -0.4 is 0 Å². The van der Waals surface area contributed by atoms with Crippen LogP contribution in [0, 0.1) is 0 Å². The van der Waals surface area contributed by atoms with Gasteiger partial charge in [0.05, 0.1) is 0 Å². The molecule has 1 aliphatic rings. The highest BCUT2D eigenvalue weighted by Crippen LogP contribution is 2.37. The highest BCUT2D eigenvalue weighted by Gasteiger charge is 2.48. The first-order valence-corrected chi connectivity index (χ1v) is 7.08. The summed E-state index contributed by atoms with van der Waals surface area (Å²) in [6.45, 7) is 11.3. The average Bonchev–Trinajstić information content (AvgIpc) is 2.31. The van der Waals surface area contributed by atoms with Crippen LogP contribution in [0.15, 0.2) is 0 Å². The maximum atomic E-state index is 12.1. The van der Waals surface area contributed by atoms with Crippen LogP contribution in [0.3, 0.4) is 0 Å². The number of amides is 4. The number of carbonyl (C=O) groups excluding carboxylic acids is 3. The van der Waals surface area contributed by atoms with Gasteiger partial charge in [0.15, 0.2) is 0 Å². The minimum absolute atomic E-state index is 0.311. The van der Waals surface area contributed by atoms with E-state index in [4.69, 9.17) is 0 Å². The van der Waals surface area contributed by atoms with Crippen molar-refractivity contribution in [2.45, 2.75) is 51.0 Å². The van der Waals surface area contributed by atoms with Crippen molar-refractivity contribution in [3.63, 3.8) is 0 Å². The van der Waals surface area contributed by atoms with Gasteiger partial charge in [0.2, 0.25) is 0 Å². The molecule has 0 aromatic heterocycles. The van der Waals surface area contributed by atoms with Gasteiger partial charge >= 0.3 is 17.8 Å². The zero-order valence-corrected chi connectivity index (χ0v) is 13.1. The molecule has 0 N–H and O–H groups in total. The molecule has 0 radical (unpaired) electrons. The Morgan fingerprint density at radius 1 is 0.722 bits per heavy atom. The molecule has 0 bridgehead atoms. The summed E-state index contributed by atoms with van der Waals surface area (Å²) < 4.78 is 1.27. The van der Waals surface area contributed by atoms with Gasteiger partial charge in [-0.3, -0.25) is 9.59 Å². The van der Waals surface area contributed by atoms with Gasteiger partial charge in [-0.2, -0.15) is 8.61 Å². The van der Waals surface area contributed by atoms with E-state index in [2.05, 4.69) is 0 Å². The molecule has 0 aromatic carbocycles. The molecule has 5 nitrogen and oxygen atoms in total. The van der Waals surface area contributed by atoms with Crippen LogP contribution in [0.25, 0.3) is 0 Å². The lowest BCUT2D eigenvalue weighted by molar-refractivity contribution is -0.139. The Balaban J connectivity index is 2.91. The molecule has 1 fully saturated rings. The van der Waals surface area contributed by atoms with Crippen molar-refractivity contribution < 1.29 is 14.4 Å². The lowest BCUT2D eigenvalue weighted by Gasteiger charge is -2.24. The fraction of sp³-hybridized carbons (Fsp3) is 0.727. The predicted molar refractivity (Wildman–Crippen MR) is 73.8 cm³/mol. The topological polar surface area (TPSA) is 57.7 Å². The second-order valence-corrected chi connectivity index (χ2v) is 9.43. The van der Waals surface area contributed by atoms with Gasteiger partial charge in [-0.1, -0.05) is 0 Å². The summed E-state index contributed by atoms with van der Waals surface area (Å²) >= 11 is 2.14. The van der Waals surface area contributed by atoms with Crippen LogP contribution in [0.2, 0.25) is 0 Å². The summed E-state index contributed by atoms with van der Waals surface area (Å²) in [4.78, 5) is 35.6. The van der Waals surface area contributed by atoms with Crippen molar-refractivity contribution in [1.82, 2.24) is 8.61 Å². The molecule has 0 atom stereocenters. The quantitative estimate of drug-likeness (QED) is 0.444. The molecule has 0 saturated carbocycles. The molecule has 18 heavy (non-hydrogen) atoms. The third-order valence-corrected chi connectivity index (χ3v) is 3.73. The van der Waals surface area contributed by atoms with Crippen LogP contribution in [-0.4, -0.2) is 35.9 Å². The summed E-state index contributed by atoms with van der Waals surface area (Å²) in [5.74, 6) is -1.53. The van der Waals surface area contributed by atoms with E-state index in [9.17, 15) is 14.4 Å². The predicted octanol–water partition coefficient (Wildman–Crippen LogP) is 2.67. The molecule has 0 spiro atoms. The molecule has 102 valence electrons. The first-order valence-electron chi connectivity index (χ1n) is 5.53. The monoisotopic (exact) mass is 290 g/mol. The number of hydrogen-bond acceptors (Lipinski definition) is 5. The van der Waals surface area contributed by atoms with Crippen LogP contribution in [0.1, 0.15) is 41.5 Å². The second kappa shape index (κ2) is 4.77. The molecular formula is C11H18N2O3S2. The van der Waals surface area contributed by atoms with Crippen LogP contribution in [0.5, 0.6) is 0 Å². The number of hydrogen-bond donors (Lipinski definition) is 0. The molecule has 1 rings (SSSR count). The first kappa shape index (κ1) is 15.4. The van der Waals surface area contributed by atoms with Gasteiger partial charge in [0.25, 0.3) is 0 Å². The lowest BCUT2D eigenvalue weighted by Crippen LogP contribution is -2.31. The molecule has 0 aromatic rings. The summed E-state index contributed by atoms with van der Waals surface area (Å²) in [6.07, 6.45) is 0. The van der Waals surface area contributed by atoms with Crippen molar-refractivity contribution >= 4 is 41.7 Å². The van der Waals surface area contributed by atoms with Crippen molar-refractivity contribution in [2.75, 3.05) is 0 Å². The minimum atomic E-state index is -0.767. The number of carbonyl (C=O) groups is 3. The van der Waals surface area contributed by atoms with E-state index in [1.165, 1.54) is 0 Å². The van der Waals surface area contributed by atoms with E-state index in [0.29, 0.717) is 0 Å². The largest absolute Gasteiger partial charge is 0.354 e. The van der Waals surface area contributed by atoms with Crippen molar-refractivity contribution in [3.05, 3.63) is 0 Å². The van der Waals surface area contributed by atoms with Gasteiger partial charge in [0.1, 0.15) is 0 Å². The molecule has 7 heteroatoms. The highest BCUT2D eigenvalue weighted by molar-refractivity contribution is 8.01. The third-order valence-electron chi connectivity index (χ3n) is 1.63.